The second-order valence-corrected chi connectivity index (χ2v) is 9.02. The van der Waals surface area contributed by atoms with Gasteiger partial charge in [-0.05, 0) is 24.5 Å². The van der Waals surface area contributed by atoms with E-state index in [1.807, 2.05) is 13.8 Å². The highest BCUT2D eigenvalue weighted by Crippen LogP contribution is 2.19. The van der Waals surface area contributed by atoms with Gasteiger partial charge in [0.2, 0.25) is 17.7 Å². The van der Waals surface area contributed by atoms with Crippen LogP contribution in [-0.4, -0.2) is 92.0 Å². The molecule has 4 amide bonds. The Morgan fingerprint density at radius 2 is 1.76 bits per heavy atom. The van der Waals surface area contributed by atoms with E-state index in [1.54, 1.807) is 36.2 Å². The van der Waals surface area contributed by atoms with Crippen molar-refractivity contribution in [2.75, 3.05) is 46.5 Å². The van der Waals surface area contributed by atoms with Gasteiger partial charge in [0.05, 0.1) is 31.7 Å². The van der Waals surface area contributed by atoms with Crippen LogP contribution in [0.5, 0.6) is 5.75 Å². The van der Waals surface area contributed by atoms with Gasteiger partial charge in [0.25, 0.3) is 5.91 Å². The summed E-state index contributed by atoms with van der Waals surface area (Å²) in [6, 6.07) is 4.88. The van der Waals surface area contributed by atoms with Crippen molar-refractivity contribution < 1.29 is 28.7 Å². The van der Waals surface area contributed by atoms with Crippen molar-refractivity contribution >= 4 is 23.6 Å². The summed E-state index contributed by atoms with van der Waals surface area (Å²) in [7, 11) is 1.65. The molecule has 1 aromatic carbocycles. The standard InChI is InChI=1S/C24H34N4O6/c1-16(2)14-18-23(31)27(3)8-13-34-20-7-5-4-6-17(20)22(30)26-19(15-21(29)25-18)24(32)28-9-11-33-12-10-28/h4-7,16,18-19H,8-15H2,1-3H3,(H,25,29)(H,26,30)/t18-,19-/m0/s1. The number of amides is 4. The maximum absolute atomic E-state index is 13.2. The third kappa shape index (κ3) is 6.69. The van der Waals surface area contributed by atoms with Gasteiger partial charge in [-0.15, -0.1) is 0 Å². The van der Waals surface area contributed by atoms with Gasteiger partial charge in [0.15, 0.2) is 0 Å². The summed E-state index contributed by atoms with van der Waals surface area (Å²) in [6.07, 6.45) is 0.170. The van der Waals surface area contributed by atoms with Crippen LogP contribution >= 0.6 is 0 Å². The van der Waals surface area contributed by atoms with Crippen LogP contribution in [0.2, 0.25) is 0 Å². The van der Waals surface area contributed by atoms with Crippen LogP contribution in [0.25, 0.3) is 0 Å². The number of hydrogen-bond donors (Lipinski definition) is 2. The zero-order valence-electron chi connectivity index (χ0n) is 20.0. The summed E-state index contributed by atoms with van der Waals surface area (Å²) >= 11 is 0. The van der Waals surface area contributed by atoms with E-state index >= 15 is 0 Å². The minimum atomic E-state index is -1.09. The Morgan fingerprint density at radius 3 is 2.47 bits per heavy atom. The van der Waals surface area contributed by atoms with Crippen LogP contribution in [0.15, 0.2) is 24.3 Å². The maximum atomic E-state index is 13.2. The molecule has 186 valence electrons. The lowest BCUT2D eigenvalue weighted by Crippen LogP contribution is -2.55. The number of hydrogen-bond acceptors (Lipinski definition) is 6. The summed E-state index contributed by atoms with van der Waals surface area (Å²) in [6.45, 7) is 5.95. The van der Waals surface area contributed by atoms with Crippen molar-refractivity contribution in [1.29, 1.82) is 0 Å². The van der Waals surface area contributed by atoms with E-state index in [1.165, 1.54) is 4.90 Å². The Hall–Kier alpha value is -3.14. The number of carbonyl (C=O) groups is 4. The van der Waals surface area contributed by atoms with Crippen molar-refractivity contribution in [2.24, 2.45) is 5.92 Å². The fourth-order valence-electron chi connectivity index (χ4n) is 4.02. The van der Waals surface area contributed by atoms with Gasteiger partial charge in [-0.1, -0.05) is 26.0 Å². The SMILES string of the molecule is CC(C)C[C@@H]1NC(=O)C[C@@H](C(=O)N2CCOCC2)NC(=O)c2ccccc2OCCN(C)C1=O. The highest BCUT2D eigenvalue weighted by molar-refractivity contribution is 6.01. The molecule has 2 aliphatic rings. The number of benzene rings is 1. The highest BCUT2D eigenvalue weighted by atomic mass is 16.5. The van der Waals surface area contributed by atoms with Gasteiger partial charge in [-0.3, -0.25) is 19.2 Å². The van der Waals surface area contributed by atoms with Gasteiger partial charge >= 0.3 is 0 Å². The molecular weight excluding hydrogens is 440 g/mol. The van der Waals surface area contributed by atoms with E-state index in [4.69, 9.17) is 9.47 Å². The van der Waals surface area contributed by atoms with E-state index in [0.717, 1.165) is 0 Å². The molecule has 10 heteroatoms. The number of nitrogens with one attached hydrogen (secondary N) is 2. The smallest absolute Gasteiger partial charge is 0.255 e. The Kier molecular flexibility index (Phi) is 8.86. The fraction of sp³-hybridized carbons (Fsp3) is 0.583. The first-order valence-electron chi connectivity index (χ1n) is 11.7. The number of morpholine rings is 1. The Bertz CT molecular complexity index is 899. The first-order chi connectivity index (χ1) is 16.3. The van der Waals surface area contributed by atoms with Gasteiger partial charge in [0, 0.05) is 20.1 Å². The highest BCUT2D eigenvalue weighted by Gasteiger charge is 2.32. The lowest BCUT2D eigenvalue weighted by Gasteiger charge is -2.31. The molecule has 2 heterocycles. The van der Waals surface area contributed by atoms with Crippen LogP contribution < -0.4 is 15.4 Å². The number of para-hydroxylation sites is 1. The number of likely N-dealkylation sites (N-methyl/N-ethyl adjacent to an activating group) is 1. The lowest BCUT2D eigenvalue weighted by atomic mass is 10.0. The average Bonchev–Trinajstić information content (AvgIpc) is 2.82. The first kappa shape index (κ1) is 25.5. The predicted octanol–water partition coefficient (Wildman–Crippen LogP) is 0.416. The molecule has 0 radical (unpaired) electrons. The molecular formula is C24H34N4O6. The molecule has 34 heavy (non-hydrogen) atoms. The van der Waals surface area contributed by atoms with E-state index in [0.29, 0.717) is 38.5 Å². The van der Waals surface area contributed by atoms with E-state index in [2.05, 4.69) is 10.6 Å². The Labute approximate surface area is 199 Å². The van der Waals surface area contributed by atoms with Crippen molar-refractivity contribution in [3.8, 4) is 5.75 Å². The zero-order chi connectivity index (χ0) is 24.7. The van der Waals surface area contributed by atoms with Gasteiger partial charge < -0.3 is 29.9 Å². The number of fused-ring (bicyclic) bond motifs is 1. The molecule has 1 saturated heterocycles. The van der Waals surface area contributed by atoms with E-state index < -0.39 is 23.9 Å². The normalized spacial score (nSPS) is 22.9. The third-order valence-corrected chi connectivity index (χ3v) is 5.85. The summed E-state index contributed by atoms with van der Waals surface area (Å²) < 4.78 is 11.1. The average molecular weight is 475 g/mol. The summed E-state index contributed by atoms with van der Waals surface area (Å²) in [5.74, 6) is -1.05. The Morgan fingerprint density at radius 1 is 1.06 bits per heavy atom. The third-order valence-electron chi connectivity index (χ3n) is 5.85. The number of carbonyl (C=O) groups excluding carboxylic acids is 4. The molecule has 0 aromatic heterocycles. The molecule has 1 fully saturated rings. The summed E-state index contributed by atoms with van der Waals surface area (Å²) in [5.41, 5.74) is 0.256. The van der Waals surface area contributed by atoms with Crippen LogP contribution in [0, 0.1) is 5.92 Å². The summed E-state index contributed by atoms with van der Waals surface area (Å²) in [5, 5.41) is 5.51. The first-order valence-corrected chi connectivity index (χ1v) is 11.7. The lowest BCUT2D eigenvalue weighted by molar-refractivity contribution is -0.140. The largest absolute Gasteiger partial charge is 0.491 e. The van der Waals surface area contributed by atoms with Crippen molar-refractivity contribution in [1.82, 2.24) is 20.4 Å². The zero-order valence-corrected chi connectivity index (χ0v) is 20.0. The topological polar surface area (TPSA) is 117 Å². The summed E-state index contributed by atoms with van der Waals surface area (Å²) in [4.78, 5) is 55.5. The molecule has 0 saturated carbocycles. The maximum Gasteiger partial charge on any atom is 0.255 e. The van der Waals surface area contributed by atoms with Gasteiger partial charge in [0.1, 0.15) is 24.4 Å². The molecule has 0 bridgehead atoms. The number of rotatable bonds is 3. The van der Waals surface area contributed by atoms with Crippen molar-refractivity contribution in [2.45, 2.75) is 38.8 Å². The molecule has 2 N–H and O–H groups in total. The van der Waals surface area contributed by atoms with Crippen LogP contribution in [0.4, 0.5) is 0 Å². The van der Waals surface area contributed by atoms with Crippen LogP contribution in [0.1, 0.15) is 37.0 Å². The van der Waals surface area contributed by atoms with Gasteiger partial charge in [-0.2, -0.15) is 0 Å². The van der Waals surface area contributed by atoms with E-state index in [9.17, 15) is 19.2 Å². The molecule has 0 aliphatic carbocycles. The van der Waals surface area contributed by atoms with Crippen molar-refractivity contribution in [3.63, 3.8) is 0 Å². The molecule has 2 atom stereocenters. The molecule has 0 spiro atoms. The predicted molar refractivity (Wildman–Crippen MR) is 124 cm³/mol. The Balaban J connectivity index is 1.91. The minimum absolute atomic E-state index is 0.162. The minimum Gasteiger partial charge on any atom is -0.491 e. The van der Waals surface area contributed by atoms with Gasteiger partial charge in [-0.25, -0.2) is 0 Å². The molecule has 3 rings (SSSR count). The molecule has 10 nitrogen and oxygen atoms in total. The monoisotopic (exact) mass is 474 g/mol. The van der Waals surface area contributed by atoms with E-state index in [-0.39, 0.29) is 42.9 Å². The van der Waals surface area contributed by atoms with Crippen LogP contribution in [0.3, 0.4) is 0 Å². The fourth-order valence-corrected chi connectivity index (χ4v) is 4.02. The molecule has 1 aromatic rings. The second-order valence-electron chi connectivity index (χ2n) is 9.02. The quantitative estimate of drug-likeness (QED) is 0.656. The number of nitrogens with zero attached hydrogens (tertiary/aromatic N) is 2. The molecule has 2 aliphatic heterocycles. The molecule has 0 unspecified atom stereocenters. The number of ether oxygens (including phenoxy) is 2. The second kappa shape index (κ2) is 11.8. The van der Waals surface area contributed by atoms with Crippen LogP contribution in [-0.2, 0) is 19.1 Å². The van der Waals surface area contributed by atoms with Crippen molar-refractivity contribution in [3.05, 3.63) is 29.8 Å².